The van der Waals surface area contributed by atoms with Crippen molar-refractivity contribution in [2.24, 2.45) is 9.98 Å². The smallest absolute Gasteiger partial charge is 0.124 e. The average molecular weight is 605 g/mol. The molecule has 2 rings (SSSR count). The van der Waals surface area contributed by atoms with Crippen LogP contribution < -0.4 is 9.47 Å². The van der Waals surface area contributed by atoms with Gasteiger partial charge in [-0.25, -0.2) is 0 Å². The van der Waals surface area contributed by atoms with Gasteiger partial charge in [-0.2, -0.15) is 0 Å². The number of phenolic OH excluding ortho intramolecular Hbond substituents is 2. The molecule has 2 N–H and O–H groups in total. The van der Waals surface area contributed by atoms with E-state index in [1.807, 2.05) is 24.3 Å². The maximum absolute atomic E-state index is 10.2. The van der Waals surface area contributed by atoms with Gasteiger partial charge in [0.15, 0.2) is 0 Å². The van der Waals surface area contributed by atoms with Crippen LogP contribution in [0.15, 0.2) is 71.7 Å². The number of allylic oxidation sites excluding steroid dienone is 2. The van der Waals surface area contributed by atoms with Crippen LogP contribution in [0.2, 0.25) is 0 Å². The number of phenols is 2. The quantitative estimate of drug-likeness (QED) is 0.0604. The lowest BCUT2D eigenvalue weighted by molar-refractivity contribution is 0.303. The van der Waals surface area contributed by atoms with Crippen molar-refractivity contribution >= 4 is 12.4 Å². The van der Waals surface area contributed by atoms with Crippen molar-refractivity contribution in [3.8, 4) is 23.0 Å². The second-order valence-electron chi connectivity index (χ2n) is 11.3. The molecule has 242 valence electrons. The molecule has 0 spiro atoms. The molecule has 0 saturated carbocycles. The molecule has 6 heteroatoms. The van der Waals surface area contributed by atoms with Crippen LogP contribution in [0.25, 0.3) is 0 Å². The van der Waals surface area contributed by atoms with Crippen molar-refractivity contribution in [3.63, 3.8) is 0 Å². The predicted octanol–water partition coefficient (Wildman–Crippen LogP) is 10.0. The van der Waals surface area contributed by atoms with Crippen LogP contribution in [0.3, 0.4) is 0 Å². The highest BCUT2D eigenvalue weighted by Crippen LogP contribution is 2.23. The standard InChI is InChI=1S/C38H56N2O4/c1-3-5-7-9-11-13-15-17-19-27-43-35-21-23-37(41)33(29-35)31-39-25-26-40-32-34-30-36(22-24-38(34)42)44-28-20-18-16-14-12-10-8-6-4-2/h3-4,21-24,29-32,41-42H,1-2,5-20,25-28H2/b39-31+,40-32+. The number of unbranched alkanes of at least 4 members (excludes halogenated alkanes) is 14. The fraction of sp³-hybridized carbons (Fsp3) is 0.526. The molecule has 0 saturated heterocycles. The van der Waals surface area contributed by atoms with Gasteiger partial charge in [0.25, 0.3) is 0 Å². The van der Waals surface area contributed by atoms with Crippen LogP contribution in [0.5, 0.6) is 23.0 Å². The fourth-order valence-electron chi connectivity index (χ4n) is 4.82. The maximum Gasteiger partial charge on any atom is 0.124 e. The maximum atomic E-state index is 10.2. The largest absolute Gasteiger partial charge is 0.507 e. The number of rotatable bonds is 27. The zero-order valence-electron chi connectivity index (χ0n) is 26.9. The van der Waals surface area contributed by atoms with Gasteiger partial charge >= 0.3 is 0 Å². The Morgan fingerprint density at radius 1 is 0.523 bits per heavy atom. The topological polar surface area (TPSA) is 83.6 Å². The number of hydrogen-bond acceptors (Lipinski definition) is 6. The second-order valence-corrected chi connectivity index (χ2v) is 11.3. The third kappa shape index (κ3) is 17.5. The Labute approximate surface area is 266 Å². The van der Waals surface area contributed by atoms with E-state index in [-0.39, 0.29) is 11.5 Å². The van der Waals surface area contributed by atoms with E-state index in [1.165, 1.54) is 77.0 Å². The highest BCUT2D eigenvalue weighted by Gasteiger charge is 2.04. The molecule has 44 heavy (non-hydrogen) atoms. The van der Waals surface area contributed by atoms with Crippen LogP contribution in [0.1, 0.15) is 114 Å². The summed E-state index contributed by atoms with van der Waals surface area (Å²) in [6.45, 7) is 9.79. The zero-order chi connectivity index (χ0) is 31.5. The first-order valence-electron chi connectivity index (χ1n) is 16.8. The average Bonchev–Trinajstić information content (AvgIpc) is 3.03. The lowest BCUT2D eigenvalue weighted by Crippen LogP contribution is -1.98. The Hall–Kier alpha value is -3.54. The van der Waals surface area contributed by atoms with Crippen molar-refractivity contribution < 1.29 is 19.7 Å². The van der Waals surface area contributed by atoms with Gasteiger partial charge in [0, 0.05) is 23.6 Å². The van der Waals surface area contributed by atoms with Gasteiger partial charge in [-0.15, -0.1) is 13.2 Å². The summed E-state index contributed by atoms with van der Waals surface area (Å²) in [5.74, 6) is 1.81. The molecule has 0 heterocycles. The summed E-state index contributed by atoms with van der Waals surface area (Å²) in [5.41, 5.74) is 1.24. The van der Waals surface area contributed by atoms with E-state index in [1.54, 1.807) is 36.7 Å². The van der Waals surface area contributed by atoms with E-state index in [4.69, 9.17) is 9.47 Å². The number of aliphatic imine (C=N–C) groups is 2. The molecule has 0 aliphatic heterocycles. The van der Waals surface area contributed by atoms with Gasteiger partial charge < -0.3 is 19.7 Å². The molecule has 0 bridgehead atoms. The monoisotopic (exact) mass is 604 g/mol. The van der Waals surface area contributed by atoms with Crippen molar-refractivity contribution in [2.75, 3.05) is 26.3 Å². The van der Waals surface area contributed by atoms with E-state index >= 15 is 0 Å². The van der Waals surface area contributed by atoms with E-state index < -0.39 is 0 Å². The van der Waals surface area contributed by atoms with Gasteiger partial charge in [0.1, 0.15) is 23.0 Å². The van der Waals surface area contributed by atoms with Gasteiger partial charge in [-0.1, -0.05) is 76.4 Å². The van der Waals surface area contributed by atoms with E-state index in [9.17, 15) is 10.2 Å². The molecule has 2 aromatic carbocycles. The lowest BCUT2D eigenvalue weighted by Gasteiger charge is -2.08. The molecule has 2 aromatic rings. The van der Waals surface area contributed by atoms with Gasteiger partial charge in [0.05, 0.1) is 26.3 Å². The van der Waals surface area contributed by atoms with Gasteiger partial charge in [0.2, 0.25) is 0 Å². The Morgan fingerprint density at radius 3 is 1.27 bits per heavy atom. The van der Waals surface area contributed by atoms with Crippen LogP contribution in [-0.2, 0) is 0 Å². The highest BCUT2D eigenvalue weighted by atomic mass is 16.5. The third-order valence-corrected chi connectivity index (χ3v) is 7.46. The minimum Gasteiger partial charge on any atom is -0.507 e. The summed E-state index contributed by atoms with van der Waals surface area (Å²) in [7, 11) is 0. The molecule has 0 radical (unpaired) electrons. The minimum atomic E-state index is 0.169. The summed E-state index contributed by atoms with van der Waals surface area (Å²) in [6.07, 6.45) is 26.6. The summed E-state index contributed by atoms with van der Waals surface area (Å²) >= 11 is 0. The molecular weight excluding hydrogens is 548 g/mol. The molecule has 0 aliphatic rings. The first kappa shape index (κ1) is 36.7. The molecular formula is C38H56N2O4. The lowest BCUT2D eigenvalue weighted by atomic mass is 10.1. The predicted molar refractivity (Wildman–Crippen MR) is 186 cm³/mol. The fourth-order valence-corrected chi connectivity index (χ4v) is 4.82. The molecule has 0 fully saturated rings. The Morgan fingerprint density at radius 2 is 0.886 bits per heavy atom. The van der Waals surface area contributed by atoms with Crippen molar-refractivity contribution in [3.05, 3.63) is 72.8 Å². The number of nitrogens with zero attached hydrogens (tertiary/aromatic N) is 2. The second kappa shape index (κ2) is 24.9. The minimum absolute atomic E-state index is 0.169. The zero-order valence-corrected chi connectivity index (χ0v) is 26.9. The SMILES string of the molecule is C=CCCCCCCCCCOc1ccc(O)c(/C=N/CC/N=C/c2cc(OCCCCCCCCCC=C)ccc2O)c1. The van der Waals surface area contributed by atoms with Crippen LogP contribution in [-0.4, -0.2) is 48.9 Å². The number of aromatic hydroxyl groups is 2. The molecule has 0 atom stereocenters. The summed E-state index contributed by atoms with van der Waals surface area (Å²) in [6, 6.07) is 10.5. The van der Waals surface area contributed by atoms with E-state index in [0.717, 1.165) is 37.2 Å². The summed E-state index contributed by atoms with van der Waals surface area (Å²) < 4.78 is 11.8. The van der Waals surface area contributed by atoms with Crippen molar-refractivity contribution in [2.45, 2.75) is 103 Å². The Bertz CT molecular complexity index is 1020. The molecule has 6 nitrogen and oxygen atoms in total. The van der Waals surface area contributed by atoms with Crippen LogP contribution in [0.4, 0.5) is 0 Å². The first-order valence-corrected chi connectivity index (χ1v) is 16.8. The molecule has 0 aliphatic carbocycles. The van der Waals surface area contributed by atoms with Crippen LogP contribution >= 0.6 is 0 Å². The summed E-state index contributed by atoms with van der Waals surface area (Å²) in [4.78, 5) is 8.82. The molecule has 0 unspecified atom stereocenters. The van der Waals surface area contributed by atoms with Crippen molar-refractivity contribution in [1.29, 1.82) is 0 Å². The van der Waals surface area contributed by atoms with Gasteiger partial charge in [-0.3, -0.25) is 9.98 Å². The number of hydrogen-bond donors (Lipinski definition) is 2. The normalized spacial score (nSPS) is 11.4. The molecule has 0 aromatic heterocycles. The van der Waals surface area contributed by atoms with Crippen LogP contribution in [0, 0.1) is 0 Å². The Kier molecular flexibility index (Phi) is 20.7. The number of ether oxygens (including phenoxy) is 2. The van der Waals surface area contributed by atoms with E-state index in [2.05, 4.69) is 23.1 Å². The Balaban J connectivity index is 1.64. The molecule has 0 amide bonds. The van der Waals surface area contributed by atoms with Crippen molar-refractivity contribution in [1.82, 2.24) is 0 Å². The summed E-state index contributed by atoms with van der Waals surface area (Å²) in [5, 5.41) is 20.4. The number of benzene rings is 2. The third-order valence-electron chi connectivity index (χ3n) is 7.46. The van der Waals surface area contributed by atoms with E-state index in [0.29, 0.717) is 37.4 Å². The van der Waals surface area contributed by atoms with Gasteiger partial charge in [-0.05, 0) is 74.9 Å². The first-order chi connectivity index (χ1) is 21.6. The highest BCUT2D eigenvalue weighted by molar-refractivity contribution is 5.85.